The Kier molecular flexibility index (Phi) is 2.21. The number of aryl methyl sites for hydroxylation is 1. The van der Waals surface area contributed by atoms with Crippen LogP contribution in [-0.2, 0) is 0 Å². The maximum atomic E-state index is 5.61. The van der Waals surface area contributed by atoms with Gasteiger partial charge >= 0.3 is 0 Å². The molecule has 0 aliphatic carbocycles. The van der Waals surface area contributed by atoms with E-state index >= 15 is 0 Å². The third-order valence-electron chi connectivity index (χ3n) is 2.38. The normalized spacial score (nSPS) is 13.4. The summed E-state index contributed by atoms with van der Waals surface area (Å²) in [5.74, 6) is 1.16. The second-order valence-electron chi connectivity index (χ2n) is 3.56. The van der Waals surface area contributed by atoms with Crippen molar-refractivity contribution in [3.05, 3.63) is 29.7 Å². The first kappa shape index (κ1) is 9.15. The molecule has 0 saturated heterocycles. The Labute approximate surface area is 82.8 Å². The van der Waals surface area contributed by atoms with E-state index in [1.54, 1.807) is 4.52 Å². The van der Waals surface area contributed by atoms with Gasteiger partial charge in [-0.3, -0.25) is 0 Å². The first-order valence-electron chi connectivity index (χ1n) is 4.73. The molecule has 14 heavy (non-hydrogen) atoms. The standard InChI is InChI=1S/C10H14N4/c1-7(5-11)9-3-4-10-12-8(2)13-14(10)6-9/h3-4,6-7H,5,11H2,1-2H3. The van der Waals surface area contributed by atoms with Crippen LogP contribution in [0.1, 0.15) is 24.2 Å². The van der Waals surface area contributed by atoms with Crippen molar-refractivity contribution < 1.29 is 0 Å². The van der Waals surface area contributed by atoms with Gasteiger partial charge in [0.25, 0.3) is 0 Å². The van der Waals surface area contributed by atoms with Gasteiger partial charge in [0.2, 0.25) is 0 Å². The van der Waals surface area contributed by atoms with Gasteiger partial charge in [0, 0.05) is 6.20 Å². The third-order valence-corrected chi connectivity index (χ3v) is 2.38. The van der Waals surface area contributed by atoms with Gasteiger partial charge < -0.3 is 5.73 Å². The van der Waals surface area contributed by atoms with Crippen LogP contribution in [0.25, 0.3) is 5.65 Å². The zero-order valence-corrected chi connectivity index (χ0v) is 8.44. The summed E-state index contributed by atoms with van der Waals surface area (Å²) >= 11 is 0. The van der Waals surface area contributed by atoms with Crippen molar-refractivity contribution in [2.45, 2.75) is 19.8 Å². The van der Waals surface area contributed by atoms with Gasteiger partial charge in [-0.2, -0.15) is 5.10 Å². The maximum absolute atomic E-state index is 5.61. The predicted octanol–water partition coefficient (Wildman–Crippen LogP) is 1.10. The quantitative estimate of drug-likeness (QED) is 0.771. The highest BCUT2D eigenvalue weighted by Gasteiger charge is 2.05. The smallest absolute Gasteiger partial charge is 0.155 e. The first-order valence-corrected chi connectivity index (χ1v) is 4.73. The monoisotopic (exact) mass is 190 g/mol. The van der Waals surface area contributed by atoms with E-state index in [-0.39, 0.29) is 0 Å². The molecule has 0 saturated carbocycles. The Hall–Kier alpha value is -1.42. The first-order chi connectivity index (χ1) is 6.70. The van der Waals surface area contributed by atoms with Crippen molar-refractivity contribution in [2.75, 3.05) is 6.54 Å². The largest absolute Gasteiger partial charge is 0.330 e. The maximum Gasteiger partial charge on any atom is 0.155 e. The van der Waals surface area contributed by atoms with Gasteiger partial charge in [-0.15, -0.1) is 0 Å². The SMILES string of the molecule is Cc1nc2ccc(C(C)CN)cn2n1. The van der Waals surface area contributed by atoms with Gasteiger partial charge in [0.05, 0.1) is 0 Å². The molecule has 2 rings (SSSR count). The highest BCUT2D eigenvalue weighted by Crippen LogP contribution is 2.14. The number of hydrogen-bond acceptors (Lipinski definition) is 3. The number of rotatable bonds is 2. The Morgan fingerprint density at radius 3 is 3.00 bits per heavy atom. The average molecular weight is 190 g/mol. The Morgan fingerprint density at radius 2 is 2.29 bits per heavy atom. The van der Waals surface area contributed by atoms with Crippen molar-refractivity contribution in [3.63, 3.8) is 0 Å². The highest BCUT2D eigenvalue weighted by atomic mass is 15.3. The summed E-state index contributed by atoms with van der Waals surface area (Å²) in [7, 11) is 0. The molecule has 4 nitrogen and oxygen atoms in total. The Bertz CT molecular complexity index is 446. The lowest BCUT2D eigenvalue weighted by Crippen LogP contribution is -2.09. The lowest BCUT2D eigenvalue weighted by molar-refractivity contribution is 0.760. The van der Waals surface area contributed by atoms with E-state index in [2.05, 4.69) is 23.1 Å². The van der Waals surface area contributed by atoms with Crippen molar-refractivity contribution in [1.82, 2.24) is 14.6 Å². The van der Waals surface area contributed by atoms with Crippen molar-refractivity contribution in [2.24, 2.45) is 5.73 Å². The van der Waals surface area contributed by atoms with E-state index in [1.807, 2.05) is 19.2 Å². The average Bonchev–Trinajstić information content (AvgIpc) is 2.55. The number of hydrogen-bond donors (Lipinski definition) is 1. The number of aromatic nitrogens is 3. The topological polar surface area (TPSA) is 56.2 Å². The van der Waals surface area contributed by atoms with E-state index in [1.165, 1.54) is 5.56 Å². The number of nitrogens with two attached hydrogens (primary N) is 1. The van der Waals surface area contributed by atoms with Crippen LogP contribution in [-0.4, -0.2) is 21.1 Å². The fraction of sp³-hybridized carbons (Fsp3) is 0.400. The van der Waals surface area contributed by atoms with Crippen LogP contribution >= 0.6 is 0 Å². The molecular weight excluding hydrogens is 176 g/mol. The number of fused-ring (bicyclic) bond motifs is 1. The van der Waals surface area contributed by atoms with Gasteiger partial charge in [-0.1, -0.05) is 13.0 Å². The molecule has 0 radical (unpaired) electrons. The van der Waals surface area contributed by atoms with Crippen molar-refractivity contribution in [1.29, 1.82) is 0 Å². The predicted molar refractivity (Wildman–Crippen MR) is 55.2 cm³/mol. The van der Waals surface area contributed by atoms with E-state index in [9.17, 15) is 0 Å². The number of nitrogens with zero attached hydrogens (tertiary/aromatic N) is 3. The molecule has 1 atom stereocenters. The number of pyridine rings is 1. The minimum atomic E-state index is 0.365. The molecule has 0 aliphatic heterocycles. The van der Waals surface area contributed by atoms with Gasteiger partial charge in [-0.25, -0.2) is 9.50 Å². The van der Waals surface area contributed by atoms with Crippen LogP contribution in [0.5, 0.6) is 0 Å². The molecule has 4 heteroatoms. The Balaban J connectivity index is 2.50. The van der Waals surface area contributed by atoms with Crippen LogP contribution in [0.3, 0.4) is 0 Å². The van der Waals surface area contributed by atoms with Crippen LogP contribution < -0.4 is 5.73 Å². The zero-order chi connectivity index (χ0) is 10.1. The third kappa shape index (κ3) is 1.48. The molecular formula is C10H14N4. The minimum absolute atomic E-state index is 0.365. The van der Waals surface area contributed by atoms with Crippen LogP contribution in [0.15, 0.2) is 18.3 Å². The summed E-state index contributed by atoms with van der Waals surface area (Å²) < 4.78 is 1.80. The molecule has 0 aliphatic rings. The summed E-state index contributed by atoms with van der Waals surface area (Å²) in [5.41, 5.74) is 7.69. The van der Waals surface area contributed by atoms with Crippen LogP contribution in [0.4, 0.5) is 0 Å². The lowest BCUT2D eigenvalue weighted by atomic mass is 10.0. The van der Waals surface area contributed by atoms with Gasteiger partial charge in [0.15, 0.2) is 5.65 Å². The molecule has 2 aromatic heterocycles. The van der Waals surface area contributed by atoms with Crippen LogP contribution in [0, 0.1) is 6.92 Å². The van der Waals surface area contributed by atoms with Crippen molar-refractivity contribution in [3.8, 4) is 0 Å². The molecule has 0 fully saturated rings. The van der Waals surface area contributed by atoms with E-state index in [4.69, 9.17) is 5.73 Å². The van der Waals surface area contributed by atoms with Crippen LogP contribution in [0.2, 0.25) is 0 Å². The molecule has 0 spiro atoms. The molecule has 2 heterocycles. The second kappa shape index (κ2) is 3.38. The summed E-state index contributed by atoms with van der Waals surface area (Å²) in [4.78, 5) is 4.26. The zero-order valence-electron chi connectivity index (χ0n) is 8.44. The molecule has 0 bridgehead atoms. The van der Waals surface area contributed by atoms with Gasteiger partial charge in [-0.05, 0) is 31.0 Å². The van der Waals surface area contributed by atoms with E-state index in [0.717, 1.165) is 11.5 Å². The minimum Gasteiger partial charge on any atom is -0.330 e. The fourth-order valence-corrected chi connectivity index (χ4v) is 1.44. The van der Waals surface area contributed by atoms with E-state index in [0.29, 0.717) is 12.5 Å². The Morgan fingerprint density at radius 1 is 1.50 bits per heavy atom. The highest BCUT2D eigenvalue weighted by molar-refractivity contribution is 5.39. The molecule has 2 aromatic rings. The summed E-state index contributed by atoms with van der Waals surface area (Å²) in [6, 6.07) is 4.03. The van der Waals surface area contributed by atoms with Gasteiger partial charge in [0.1, 0.15) is 5.82 Å². The summed E-state index contributed by atoms with van der Waals surface area (Å²) in [5, 5.41) is 4.26. The molecule has 1 unspecified atom stereocenters. The molecule has 0 aromatic carbocycles. The van der Waals surface area contributed by atoms with E-state index < -0.39 is 0 Å². The summed E-state index contributed by atoms with van der Waals surface area (Å²) in [6.45, 7) is 4.64. The fourth-order valence-electron chi connectivity index (χ4n) is 1.44. The molecule has 0 amide bonds. The molecule has 2 N–H and O–H groups in total. The lowest BCUT2D eigenvalue weighted by Gasteiger charge is -2.07. The van der Waals surface area contributed by atoms with Crippen molar-refractivity contribution >= 4 is 5.65 Å². The molecule has 74 valence electrons. The summed E-state index contributed by atoms with van der Waals surface area (Å²) in [6.07, 6.45) is 1.99. The second-order valence-corrected chi connectivity index (χ2v) is 3.56.